The molecule has 1 saturated heterocycles. The highest BCUT2D eigenvalue weighted by Crippen LogP contribution is 2.04. The Bertz CT molecular complexity index is 326. The molecule has 1 fully saturated rings. The Morgan fingerprint density at radius 3 is 2.73 bits per heavy atom. The average Bonchev–Trinajstić information content (AvgIpc) is 2.17. The molecule has 0 aromatic rings. The molecule has 1 aliphatic heterocycles. The van der Waals surface area contributed by atoms with E-state index in [1.165, 1.54) is 0 Å². The number of hydrogen-bond donors (Lipinski definition) is 1. The van der Waals surface area contributed by atoms with E-state index in [0.29, 0.717) is 6.54 Å². The van der Waals surface area contributed by atoms with Gasteiger partial charge in [-0.15, -0.1) is 0 Å². The molecule has 1 aliphatic rings. The van der Waals surface area contributed by atoms with Crippen molar-refractivity contribution in [2.75, 3.05) is 31.1 Å². The Morgan fingerprint density at radius 1 is 1.53 bits per heavy atom. The molecule has 88 valence electrons. The minimum atomic E-state index is -3.20. The molecule has 15 heavy (non-hydrogen) atoms. The molecule has 0 spiro atoms. The van der Waals surface area contributed by atoms with Crippen LogP contribution in [0.1, 0.15) is 13.8 Å². The first-order chi connectivity index (χ1) is 6.96. The molecule has 0 aromatic heterocycles. The quantitative estimate of drug-likeness (QED) is 0.697. The van der Waals surface area contributed by atoms with Crippen molar-refractivity contribution in [1.29, 1.82) is 0 Å². The maximum Gasteiger partial charge on any atom is 0.238 e. The van der Waals surface area contributed by atoms with Crippen LogP contribution in [0.4, 0.5) is 0 Å². The second-order valence-corrected chi connectivity index (χ2v) is 6.17. The topological polar surface area (TPSA) is 66.5 Å². The van der Waals surface area contributed by atoms with Gasteiger partial charge in [-0.25, -0.2) is 8.42 Å². The molecule has 1 amide bonds. The van der Waals surface area contributed by atoms with Crippen molar-refractivity contribution in [3.63, 3.8) is 0 Å². The summed E-state index contributed by atoms with van der Waals surface area (Å²) < 4.78 is 22.6. The van der Waals surface area contributed by atoms with Crippen molar-refractivity contribution in [2.45, 2.75) is 19.9 Å². The van der Waals surface area contributed by atoms with Crippen molar-refractivity contribution in [3.8, 4) is 0 Å². The standard InChI is InChI=1S/C9H18N2O3S/c1-3-15(13,14)7-9(12)11-5-4-10-6-8(11)2/h8,10H,3-7H2,1-2H3/t8-/m1/s1. The van der Waals surface area contributed by atoms with Crippen LogP contribution in [0.2, 0.25) is 0 Å². The summed E-state index contributed by atoms with van der Waals surface area (Å²) in [5, 5.41) is 3.15. The highest BCUT2D eigenvalue weighted by molar-refractivity contribution is 7.92. The number of nitrogens with one attached hydrogen (secondary N) is 1. The number of hydrogen-bond acceptors (Lipinski definition) is 4. The lowest BCUT2D eigenvalue weighted by Gasteiger charge is -2.33. The molecule has 1 rings (SSSR count). The molecule has 0 bridgehead atoms. The van der Waals surface area contributed by atoms with Crippen molar-refractivity contribution in [3.05, 3.63) is 0 Å². The second kappa shape index (κ2) is 4.94. The van der Waals surface area contributed by atoms with Gasteiger partial charge in [0.15, 0.2) is 9.84 Å². The summed E-state index contributed by atoms with van der Waals surface area (Å²) in [6, 6.07) is 0.0818. The van der Waals surface area contributed by atoms with Crippen LogP contribution < -0.4 is 5.32 Å². The first-order valence-corrected chi connectivity index (χ1v) is 6.99. The van der Waals surface area contributed by atoms with Crippen molar-refractivity contribution >= 4 is 15.7 Å². The summed E-state index contributed by atoms with van der Waals surface area (Å²) in [4.78, 5) is 13.3. The summed E-state index contributed by atoms with van der Waals surface area (Å²) in [6.07, 6.45) is 0. The van der Waals surface area contributed by atoms with E-state index >= 15 is 0 Å². The van der Waals surface area contributed by atoms with Gasteiger partial charge in [-0.3, -0.25) is 4.79 Å². The van der Waals surface area contributed by atoms with Gasteiger partial charge in [-0.1, -0.05) is 6.92 Å². The zero-order valence-electron chi connectivity index (χ0n) is 9.19. The average molecular weight is 234 g/mol. The summed E-state index contributed by atoms with van der Waals surface area (Å²) in [5.74, 6) is -0.599. The fourth-order valence-corrected chi connectivity index (χ4v) is 2.33. The van der Waals surface area contributed by atoms with Crippen LogP contribution in [0.3, 0.4) is 0 Å². The van der Waals surface area contributed by atoms with Crippen LogP contribution in [-0.4, -0.2) is 56.4 Å². The van der Waals surface area contributed by atoms with Gasteiger partial charge < -0.3 is 10.2 Å². The number of carbonyl (C=O) groups excluding carboxylic acids is 1. The van der Waals surface area contributed by atoms with E-state index in [1.54, 1.807) is 11.8 Å². The Balaban J connectivity index is 2.60. The van der Waals surface area contributed by atoms with Crippen LogP contribution in [0.5, 0.6) is 0 Å². The van der Waals surface area contributed by atoms with Crippen LogP contribution in [0.25, 0.3) is 0 Å². The van der Waals surface area contributed by atoms with E-state index < -0.39 is 9.84 Å². The normalized spacial score (nSPS) is 22.8. The molecule has 6 heteroatoms. The van der Waals surface area contributed by atoms with Crippen molar-refractivity contribution in [2.24, 2.45) is 0 Å². The fraction of sp³-hybridized carbons (Fsp3) is 0.889. The van der Waals surface area contributed by atoms with Crippen molar-refractivity contribution in [1.82, 2.24) is 10.2 Å². The van der Waals surface area contributed by atoms with Crippen LogP contribution in [-0.2, 0) is 14.6 Å². The number of amides is 1. The third-order valence-electron chi connectivity index (χ3n) is 2.60. The molecule has 1 N–H and O–H groups in total. The van der Waals surface area contributed by atoms with Crippen LogP contribution in [0.15, 0.2) is 0 Å². The molecule has 0 unspecified atom stereocenters. The van der Waals surface area contributed by atoms with Gasteiger partial charge in [0.2, 0.25) is 5.91 Å². The molecule has 1 heterocycles. The monoisotopic (exact) mass is 234 g/mol. The second-order valence-electron chi connectivity index (χ2n) is 3.82. The van der Waals surface area contributed by atoms with Gasteiger partial charge in [0, 0.05) is 31.4 Å². The van der Waals surface area contributed by atoms with Gasteiger partial charge in [-0.2, -0.15) is 0 Å². The van der Waals surface area contributed by atoms with E-state index in [1.807, 2.05) is 6.92 Å². The predicted octanol–water partition coefficient (Wildman–Crippen LogP) is -0.759. The van der Waals surface area contributed by atoms with E-state index in [-0.39, 0.29) is 23.5 Å². The Morgan fingerprint density at radius 2 is 2.20 bits per heavy atom. The Labute approximate surface area is 90.7 Å². The highest BCUT2D eigenvalue weighted by Gasteiger charge is 2.26. The zero-order valence-corrected chi connectivity index (χ0v) is 10.0. The maximum atomic E-state index is 11.7. The summed E-state index contributed by atoms with van der Waals surface area (Å²) in [5.41, 5.74) is 0. The first-order valence-electron chi connectivity index (χ1n) is 5.17. The minimum absolute atomic E-state index is 0.0270. The third-order valence-corrected chi connectivity index (χ3v) is 4.17. The first kappa shape index (κ1) is 12.4. The van der Waals surface area contributed by atoms with Crippen LogP contribution >= 0.6 is 0 Å². The molecular formula is C9H18N2O3S. The smallest absolute Gasteiger partial charge is 0.238 e. The lowest BCUT2D eigenvalue weighted by molar-refractivity contribution is -0.131. The molecule has 5 nitrogen and oxygen atoms in total. The van der Waals surface area contributed by atoms with E-state index in [0.717, 1.165) is 13.1 Å². The third kappa shape index (κ3) is 3.46. The van der Waals surface area contributed by atoms with Gasteiger partial charge >= 0.3 is 0 Å². The number of rotatable bonds is 3. The number of carbonyl (C=O) groups is 1. The molecular weight excluding hydrogens is 216 g/mol. The molecule has 0 aliphatic carbocycles. The fourth-order valence-electron chi connectivity index (χ4n) is 1.58. The molecule has 0 aromatic carbocycles. The molecule has 0 radical (unpaired) electrons. The Hall–Kier alpha value is -0.620. The lowest BCUT2D eigenvalue weighted by Crippen LogP contribution is -2.53. The van der Waals surface area contributed by atoms with Crippen molar-refractivity contribution < 1.29 is 13.2 Å². The zero-order chi connectivity index (χ0) is 11.5. The highest BCUT2D eigenvalue weighted by atomic mass is 32.2. The summed E-state index contributed by atoms with van der Waals surface area (Å²) >= 11 is 0. The summed E-state index contributed by atoms with van der Waals surface area (Å²) in [6.45, 7) is 5.55. The van der Waals surface area contributed by atoms with Gasteiger partial charge in [0.05, 0.1) is 0 Å². The maximum absolute atomic E-state index is 11.7. The van der Waals surface area contributed by atoms with Gasteiger partial charge in [-0.05, 0) is 6.92 Å². The predicted molar refractivity (Wildman–Crippen MR) is 58.4 cm³/mol. The SMILES string of the molecule is CCS(=O)(=O)CC(=O)N1CCNC[C@H]1C. The van der Waals surface area contributed by atoms with Crippen LogP contribution in [0, 0.1) is 0 Å². The van der Waals surface area contributed by atoms with E-state index in [4.69, 9.17) is 0 Å². The summed E-state index contributed by atoms with van der Waals surface area (Å²) in [7, 11) is -3.20. The lowest BCUT2D eigenvalue weighted by atomic mass is 10.2. The Kier molecular flexibility index (Phi) is 4.10. The largest absolute Gasteiger partial charge is 0.337 e. The van der Waals surface area contributed by atoms with E-state index in [2.05, 4.69) is 5.32 Å². The molecule has 1 atom stereocenters. The van der Waals surface area contributed by atoms with Gasteiger partial charge in [0.1, 0.15) is 5.75 Å². The number of piperazine rings is 1. The number of nitrogens with zero attached hydrogens (tertiary/aromatic N) is 1. The van der Waals surface area contributed by atoms with E-state index in [9.17, 15) is 13.2 Å². The number of sulfone groups is 1. The molecule has 0 saturated carbocycles. The minimum Gasteiger partial charge on any atom is -0.337 e. The van der Waals surface area contributed by atoms with Gasteiger partial charge in [0.25, 0.3) is 0 Å².